The summed E-state index contributed by atoms with van der Waals surface area (Å²) in [4.78, 5) is 30.1. The second-order valence-corrected chi connectivity index (χ2v) is 8.02. The van der Waals surface area contributed by atoms with Crippen LogP contribution in [0.4, 0.5) is 0 Å². The summed E-state index contributed by atoms with van der Waals surface area (Å²) in [5.41, 5.74) is 3.08. The van der Waals surface area contributed by atoms with Crippen LogP contribution in [0.15, 0.2) is 61.2 Å². The van der Waals surface area contributed by atoms with Crippen molar-refractivity contribution in [1.29, 1.82) is 0 Å². The lowest BCUT2D eigenvalue weighted by molar-refractivity contribution is 0.0540. The van der Waals surface area contributed by atoms with Gasteiger partial charge < -0.3 is 9.64 Å². The molecule has 0 unspecified atom stereocenters. The van der Waals surface area contributed by atoms with Crippen LogP contribution in [0.25, 0.3) is 11.3 Å². The molecule has 7 heteroatoms. The highest BCUT2D eigenvalue weighted by atomic mass is 16.5. The molecule has 160 valence electrons. The Kier molecular flexibility index (Phi) is 6.23. The maximum absolute atomic E-state index is 13.2. The van der Waals surface area contributed by atoms with Gasteiger partial charge in [-0.05, 0) is 50.7 Å². The highest BCUT2D eigenvalue weighted by Crippen LogP contribution is 2.27. The Morgan fingerprint density at radius 3 is 2.52 bits per heavy atom. The standard InChI is InChI=1S/C24H27N5O2/c1-17(2)31-20-9-7-18(8-10-20)23-15-29(12-11-28(23)3)24(30)22-6-4-5-21(27-22)19-13-25-16-26-14-19/h4-10,13-14,16-17,23H,11-12,15H2,1-3H3/t23-/m1/s1. The minimum Gasteiger partial charge on any atom is -0.491 e. The number of carbonyl (C=O) groups excluding carboxylic acids is 1. The molecule has 1 saturated heterocycles. The Bertz CT molecular complexity index is 1020. The van der Waals surface area contributed by atoms with E-state index in [1.54, 1.807) is 18.5 Å². The molecular formula is C24H27N5O2. The van der Waals surface area contributed by atoms with Gasteiger partial charge in [-0.15, -0.1) is 0 Å². The minimum absolute atomic E-state index is 0.0587. The minimum atomic E-state index is -0.0587. The van der Waals surface area contributed by atoms with Gasteiger partial charge in [-0.25, -0.2) is 15.0 Å². The van der Waals surface area contributed by atoms with E-state index >= 15 is 0 Å². The highest BCUT2D eigenvalue weighted by molar-refractivity contribution is 5.93. The van der Waals surface area contributed by atoms with Crippen LogP contribution in [-0.2, 0) is 0 Å². The molecule has 0 bridgehead atoms. The van der Waals surface area contributed by atoms with Gasteiger partial charge in [-0.3, -0.25) is 9.69 Å². The predicted molar refractivity (Wildman–Crippen MR) is 119 cm³/mol. The number of aromatic nitrogens is 3. The summed E-state index contributed by atoms with van der Waals surface area (Å²) in [6.45, 7) is 6.11. The zero-order valence-corrected chi connectivity index (χ0v) is 18.1. The molecule has 0 radical (unpaired) electrons. The molecule has 7 nitrogen and oxygen atoms in total. The number of rotatable bonds is 5. The number of carbonyl (C=O) groups is 1. The van der Waals surface area contributed by atoms with E-state index in [9.17, 15) is 4.79 Å². The first-order chi connectivity index (χ1) is 15.0. The van der Waals surface area contributed by atoms with Gasteiger partial charge in [0.15, 0.2) is 0 Å². The second-order valence-electron chi connectivity index (χ2n) is 8.02. The molecule has 2 aromatic heterocycles. The average Bonchev–Trinajstić information content (AvgIpc) is 2.80. The van der Waals surface area contributed by atoms with Crippen LogP contribution < -0.4 is 4.74 Å². The third kappa shape index (κ3) is 4.88. The molecule has 1 aliphatic rings. The Balaban J connectivity index is 1.51. The largest absolute Gasteiger partial charge is 0.491 e. The van der Waals surface area contributed by atoms with E-state index in [0.29, 0.717) is 24.5 Å². The van der Waals surface area contributed by atoms with E-state index in [1.165, 1.54) is 11.9 Å². The normalized spacial score (nSPS) is 17.0. The Morgan fingerprint density at radius 2 is 1.81 bits per heavy atom. The van der Waals surface area contributed by atoms with Gasteiger partial charge in [-0.2, -0.15) is 0 Å². The summed E-state index contributed by atoms with van der Waals surface area (Å²) >= 11 is 0. The number of benzene rings is 1. The summed E-state index contributed by atoms with van der Waals surface area (Å²) in [5.74, 6) is 0.799. The number of likely N-dealkylation sites (N-methyl/N-ethyl adjacent to an activating group) is 1. The predicted octanol–water partition coefficient (Wildman–Crippen LogP) is 3.45. The topological polar surface area (TPSA) is 71.5 Å². The fraction of sp³-hybridized carbons (Fsp3) is 0.333. The lowest BCUT2D eigenvalue weighted by Gasteiger charge is -2.39. The van der Waals surface area contributed by atoms with Crippen LogP contribution in [0, 0.1) is 0 Å². The number of nitrogens with zero attached hydrogens (tertiary/aromatic N) is 5. The molecule has 31 heavy (non-hydrogen) atoms. The van der Waals surface area contributed by atoms with Crippen molar-refractivity contribution in [3.05, 3.63) is 72.4 Å². The lowest BCUT2D eigenvalue weighted by Crippen LogP contribution is -2.49. The molecule has 0 spiro atoms. The molecule has 0 N–H and O–H groups in total. The highest BCUT2D eigenvalue weighted by Gasteiger charge is 2.29. The molecule has 3 heterocycles. The maximum Gasteiger partial charge on any atom is 0.272 e. The molecule has 0 aliphatic carbocycles. The number of hydrogen-bond donors (Lipinski definition) is 0. The first kappa shape index (κ1) is 20.9. The fourth-order valence-electron chi connectivity index (χ4n) is 3.77. The van der Waals surface area contributed by atoms with Crippen LogP contribution in [0.1, 0.15) is 35.9 Å². The van der Waals surface area contributed by atoms with Crippen molar-refractivity contribution in [3.8, 4) is 17.0 Å². The van der Waals surface area contributed by atoms with Gasteiger partial charge in [0.25, 0.3) is 5.91 Å². The van der Waals surface area contributed by atoms with Gasteiger partial charge >= 0.3 is 0 Å². The summed E-state index contributed by atoms with van der Waals surface area (Å²) in [6.07, 6.45) is 5.01. The third-order valence-electron chi connectivity index (χ3n) is 5.40. The molecule has 3 aromatic rings. The number of hydrogen-bond acceptors (Lipinski definition) is 6. The van der Waals surface area contributed by atoms with Gasteiger partial charge in [0, 0.05) is 37.6 Å². The van der Waals surface area contributed by atoms with Crippen LogP contribution >= 0.6 is 0 Å². The second kappa shape index (κ2) is 9.22. The number of amides is 1. The van der Waals surface area contributed by atoms with Crippen molar-refractivity contribution in [2.45, 2.75) is 26.0 Å². The first-order valence-corrected chi connectivity index (χ1v) is 10.5. The van der Waals surface area contributed by atoms with Gasteiger partial charge in [0.05, 0.1) is 17.8 Å². The van der Waals surface area contributed by atoms with E-state index in [-0.39, 0.29) is 18.1 Å². The zero-order valence-electron chi connectivity index (χ0n) is 18.1. The van der Waals surface area contributed by atoms with Gasteiger partial charge in [0.1, 0.15) is 17.8 Å². The molecule has 0 saturated carbocycles. The van der Waals surface area contributed by atoms with Crippen LogP contribution in [0.5, 0.6) is 5.75 Å². The number of ether oxygens (including phenoxy) is 1. The molecule has 1 aliphatic heterocycles. The summed E-state index contributed by atoms with van der Waals surface area (Å²) in [7, 11) is 2.10. The van der Waals surface area contributed by atoms with Crippen molar-refractivity contribution >= 4 is 5.91 Å². The summed E-state index contributed by atoms with van der Waals surface area (Å²) in [5, 5.41) is 0. The van der Waals surface area contributed by atoms with Crippen LogP contribution in [0.2, 0.25) is 0 Å². The fourth-order valence-corrected chi connectivity index (χ4v) is 3.77. The Labute approximate surface area is 182 Å². The number of piperazine rings is 1. The zero-order chi connectivity index (χ0) is 21.8. The lowest BCUT2D eigenvalue weighted by atomic mass is 10.0. The van der Waals surface area contributed by atoms with Crippen LogP contribution in [0.3, 0.4) is 0 Å². The van der Waals surface area contributed by atoms with Crippen molar-refractivity contribution in [1.82, 2.24) is 24.8 Å². The summed E-state index contributed by atoms with van der Waals surface area (Å²) < 4.78 is 5.75. The Hall–Kier alpha value is -3.32. The van der Waals surface area contributed by atoms with Crippen molar-refractivity contribution in [2.75, 3.05) is 26.7 Å². The van der Waals surface area contributed by atoms with E-state index in [2.05, 4.69) is 39.0 Å². The third-order valence-corrected chi connectivity index (χ3v) is 5.40. The molecular weight excluding hydrogens is 390 g/mol. The Morgan fingerprint density at radius 1 is 1.06 bits per heavy atom. The van der Waals surface area contributed by atoms with E-state index in [0.717, 1.165) is 17.9 Å². The molecule has 1 atom stereocenters. The van der Waals surface area contributed by atoms with Gasteiger partial charge in [-0.1, -0.05) is 18.2 Å². The summed E-state index contributed by atoms with van der Waals surface area (Å²) in [6, 6.07) is 13.8. The number of pyridine rings is 1. The maximum atomic E-state index is 13.2. The molecule has 1 aromatic carbocycles. The van der Waals surface area contributed by atoms with Crippen LogP contribution in [-0.4, -0.2) is 63.4 Å². The monoisotopic (exact) mass is 417 g/mol. The average molecular weight is 418 g/mol. The van der Waals surface area contributed by atoms with Crippen molar-refractivity contribution in [2.24, 2.45) is 0 Å². The van der Waals surface area contributed by atoms with Crippen molar-refractivity contribution < 1.29 is 9.53 Å². The van der Waals surface area contributed by atoms with Gasteiger partial charge in [0.2, 0.25) is 0 Å². The van der Waals surface area contributed by atoms with Crippen molar-refractivity contribution in [3.63, 3.8) is 0 Å². The SMILES string of the molecule is CC(C)Oc1ccc([C@H]2CN(C(=O)c3cccc(-c4cncnc4)n3)CCN2C)cc1. The molecule has 4 rings (SSSR count). The van der Waals surface area contributed by atoms with E-state index in [1.807, 2.05) is 43.0 Å². The smallest absolute Gasteiger partial charge is 0.272 e. The first-order valence-electron chi connectivity index (χ1n) is 10.5. The van der Waals surface area contributed by atoms with E-state index in [4.69, 9.17) is 4.74 Å². The quantitative estimate of drug-likeness (QED) is 0.633. The van der Waals surface area contributed by atoms with E-state index < -0.39 is 0 Å². The molecule has 1 fully saturated rings. The molecule has 1 amide bonds.